The van der Waals surface area contributed by atoms with Gasteiger partial charge in [-0.05, 0) is 66.1 Å². The number of benzene rings is 3. The average Bonchev–Trinajstić information content (AvgIpc) is 3.16. The second-order valence-electron chi connectivity index (χ2n) is 7.63. The molecule has 0 saturated carbocycles. The second kappa shape index (κ2) is 11.2. The molecule has 2 amide bonds. The maximum absolute atomic E-state index is 13.0. The molecule has 0 spiro atoms. The summed E-state index contributed by atoms with van der Waals surface area (Å²) in [6.07, 6.45) is 2.62. The van der Waals surface area contributed by atoms with E-state index in [1.165, 1.54) is 16.7 Å². The number of thioether (sulfide) groups is 1. The van der Waals surface area contributed by atoms with Gasteiger partial charge in [0.15, 0.2) is 10.9 Å². The maximum atomic E-state index is 13.0. The van der Waals surface area contributed by atoms with Crippen LogP contribution >= 0.6 is 24.0 Å². The minimum atomic E-state index is -0.225. The summed E-state index contributed by atoms with van der Waals surface area (Å²) in [7, 11) is 1.59. The topological polar surface area (TPSA) is 67.9 Å². The van der Waals surface area contributed by atoms with E-state index in [0.717, 1.165) is 23.2 Å². The Kier molecular flexibility index (Phi) is 7.84. The van der Waals surface area contributed by atoms with Crippen LogP contribution in [-0.4, -0.2) is 29.9 Å². The number of methoxy groups -OCH3 is 1. The zero-order chi connectivity index (χ0) is 24.8. The molecule has 0 bridgehead atoms. The molecular weight excluding hydrogens is 480 g/mol. The molecule has 1 heterocycles. The van der Waals surface area contributed by atoms with Gasteiger partial charge < -0.3 is 14.8 Å². The molecule has 0 aliphatic carbocycles. The van der Waals surface area contributed by atoms with Gasteiger partial charge in [-0.25, -0.2) is 0 Å². The minimum absolute atomic E-state index is 0.0993. The van der Waals surface area contributed by atoms with Crippen molar-refractivity contribution < 1.29 is 19.1 Å². The number of amides is 2. The van der Waals surface area contributed by atoms with Crippen LogP contribution in [0.3, 0.4) is 0 Å². The fourth-order valence-corrected chi connectivity index (χ4v) is 4.82. The Bertz CT molecular complexity index is 1270. The van der Waals surface area contributed by atoms with Crippen molar-refractivity contribution in [2.45, 2.75) is 13.3 Å². The number of anilines is 2. The van der Waals surface area contributed by atoms with E-state index in [-0.39, 0.29) is 18.4 Å². The van der Waals surface area contributed by atoms with E-state index in [2.05, 4.69) is 5.32 Å². The average molecular weight is 505 g/mol. The number of carbonyl (C=O) groups excluding carboxylic acids is 2. The van der Waals surface area contributed by atoms with Gasteiger partial charge in [0.2, 0.25) is 0 Å². The molecule has 1 N–H and O–H groups in total. The van der Waals surface area contributed by atoms with Crippen LogP contribution in [0.2, 0.25) is 0 Å². The van der Waals surface area contributed by atoms with Crippen LogP contribution in [0.1, 0.15) is 18.1 Å². The molecule has 1 fully saturated rings. The van der Waals surface area contributed by atoms with Gasteiger partial charge in [-0.3, -0.25) is 14.5 Å². The normalized spacial score (nSPS) is 14.3. The summed E-state index contributed by atoms with van der Waals surface area (Å²) in [6.45, 7) is 1.94. The van der Waals surface area contributed by atoms with Crippen molar-refractivity contribution in [1.82, 2.24) is 0 Å². The van der Waals surface area contributed by atoms with Crippen molar-refractivity contribution in [3.63, 3.8) is 0 Å². The molecule has 0 aromatic heterocycles. The van der Waals surface area contributed by atoms with Crippen LogP contribution in [0.5, 0.6) is 11.5 Å². The third-order valence-electron chi connectivity index (χ3n) is 5.34. The van der Waals surface area contributed by atoms with Crippen molar-refractivity contribution in [2.24, 2.45) is 0 Å². The summed E-state index contributed by atoms with van der Waals surface area (Å²) in [4.78, 5) is 27.3. The Labute approximate surface area is 213 Å². The highest BCUT2D eigenvalue weighted by atomic mass is 32.2. The highest BCUT2D eigenvalue weighted by Crippen LogP contribution is 2.36. The van der Waals surface area contributed by atoms with Crippen molar-refractivity contribution >= 4 is 57.6 Å². The van der Waals surface area contributed by atoms with E-state index in [9.17, 15) is 9.59 Å². The molecule has 178 valence electrons. The van der Waals surface area contributed by atoms with Gasteiger partial charge in [0.05, 0.1) is 17.7 Å². The molecule has 0 unspecified atom stereocenters. The number of nitrogens with one attached hydrogen (secondary N) is 1. The summed E-state index contributed by atoms with van der Waals surface area (Å²) >= 11 is 6.69. The minimum Gasteiger partial charge on any atom is -0.497 e. The van der Waals surface area contributed by atoms with Crippen molar-refractivity contribution in [2.75, 3.05) is 23.9 Å². The molecular formula is C27H24N2O4S2. The molecule has 35 heavy (non-hydrogen) atoms. The van der Waals surface area contributed by atoms with E-state index in [1.54, 1.807) is 49.6 Å². The third-order valence-corrected chi connectivity index (χ3v) is 6.65. The summed E-state index contributed by atoms with van der Waals surface area (Å²) in [5.41, 5.74) is 3.39. The SMILES string of the molecule is CCc1ccccc1NC(=O)COc1ccc(/C=C2\SC(=S)N(c3ccc(OC)cc3)C2=O)cc1. The van der Waals surface area contributed by atoms with Crippen LogP contribution in [0.25, 0.3) is 6.08 Å². The lowest BCUT2D eigenvalue weighted by Crippen LogP contribution is -2.27. The maximum Gasteiger partial charge on any atom is 0.270 e. The molecule has 6 nitrogen and oxygen atoms in total. The monoisotopic (exact) mass is 504 g/mol. The summed E-state index contributed by atoms with van der Waals surface area (Å²) in [5, 5.41) is 2.89. The predicted octanol–water partition coefficient (Wildman–Crippen LogP) is 5.68. The van der Waals surface area contributed by atoms with E-state index >= 15 is 0 Å². The number of aryl methyl sites for hydroxylation is 1. The number of thiocarbonyl (C=S) groups is 1. The van der Waals surface area contributed by atoms with Gasteiger partial charge in [-0.15, -0.1) is 0 Å². The summed E-state index contributed by atoms with van der Waals surface area (Å²) in [5.74, 6) is 0.874. The number of para-hydroxylation sites is 1. The Morgan fingerprint density at radius 2 is 1.71 bits per heavy atom. The van der Waals surface area contributed by atoms with Gasteiger partial charge in [0.1, 0.15) is 11.5 Å². The van der Waals surface area contributed by atoms with E-state index < -0.39 is 0 Å². The van der Waals surface area contributed by atoms with Gasteiger partial charge in [-0.1, -0.05) is 61.2 Å². The largest absolute Gasteiger partial charge is 0.497 e. The second-order valence-corrected chi connectivity index (χ2v) is 9.31. The first-order chi connectivity index (χ1) is 17.0. The lowest BCUT2D eigenvalue weighted by atomic mass is 10.1. The Hall–Kier alpha value is -3.62. The van der Waals surface area contributed by atoms with Crippen molar-refractivity contribution in [1.29, 1.82) is 0 Å². The molecule has 4 rings (SSSR count). The predicted molar refractivity (Wildman–Crippen MR) is 145 cm³/mol. The van der Waals surface area contributed by atoms with Crippen LogP contribution in [0.15, 0.2) is 77.7 Å². The van der Waals surface area contributed by atoms with Crippen molar-refractivity contribution in [3.05, 3.63) is 88.8 Å². The first kappa shape index (κ1) is 24.5. The highest BCUT2D eigenvalue weighted by Gasteiger charge is 2.33. The summed E-state index contributed by atoms with van der Waals surface area (Å²) in [6, 6.07) is 22.1. The highest BCUT2D eigenvalue weighted by molar-refractivity contribution is 8.27. The fourth-order valence-electron chi connectivity index (χ4n) is 3.52. The molecule has 3 aromatic rings. The van der Waals surface area contributed by atoms with Gasteiger partial charge >= 0.3 is 0 Å². The number of rotatable bonds is 8. The number of carbonyl (C=O) groups is 2. The number of hydrogen-bond acceptors (Lipinski definition) is 6. The quantitative estimate of drug-likeness (QED) is 0.314. The fraction of sp³-hybridized carbons (Fsp3) is 0.148. The van der Waals surface area contributed by atoms with Gasteiger partial charge in [-0.2, -0.15) is 0 Å². The molecule has 0 radical (unpaired) electrons. The molecule has 1 saturated heterocycles. The van der Waals surface area contributed by atoms with Gasteiger partial charge in [0.25, 0.3) is 11.8 Å². The Morgan fingerprint density at radius 3 is 2.40 bits per heavy atom. The standard InChI is InChI=1S/C27H24N2O4S2/c1-3-19-6-4-5-7-23(19)28-25(30)17-33-22-12-8-18(9-13-22)16-24-26(31)29(27(34)35-24)20-10-14-21(32-2)15-11-20/h4-16H,3,17H2,1-2H3,(H,28,30)/b24-16-. The lowest BCUT2D eigenvalue weighted by Gasteiger charge is -2.14. The van der Waals surface area contributed by atoms with Crippen LogP contribution in [-0.2, 0) is 16.0 Å². The number of nitrogens with zero attached hydrogens (tertiary/aromatic N) is 1. The van der Waals surface area contributed by atoms with Crippen LogP contribution in [0.4, 0.5) is 11.4 Å². The molecule has 1 aliphatic heterocycles. The van der Waals surface area contributed by atoms with E-state index in [1.807, 2.05) is 43.3 Å². The summed E-state index contributed by atoms with van der Waals surface area (Å²) < 4.78 is 11.3. The molecule has 8 heteroatoms. The Balaban J connectivity index is 1.37. The molecule has 0 atom stereocenters. The van der Waals surface area contributed by atoms with E-state index in [0.29, 0.717) is 26.4 Å². The zero-order valence-electron chi connectivity index (χ0n) is 19.3. The lowest BCUT2D eigenvalue weighted by molar-refractivity contribution is -0.118. The molecule has 3 aromatic carbocycles. The van der Waals surface area contributed by atoms with E-state index in [4.69, 9.17) is 21.7 Å². The smallest absolute Gasteiger partial charge is 0.270 e. The number of hydrogen-bond donors (Lipinski definition) is 1. The zero-order valence-corrected chi connectivity index (χ0v) is 20.9. The van der Waals surface area contributed by atoms with Crippen LogP contribution < -0.4 is 19.7 Å². The first-order valence-electron chi connectivity index (χ1n) is 11.0. The van der Waals surface area contributed by atoms with Gasteiger partial charge in [0, 0.05) is 5.69 Å². The first-order valence-corrected chi connectivity index (χ1v) is 12.2. The van der Waals surface area contributed by atoms with Crippen LogP contribution in [0, 0.1) is 0 Å². The Morgan fingerprint density at radius 1 is 1.03 bits per heavy atom. The number of ether oxygens (including phenoxy) is 2. The van der Waals surface area contributed by atoms with Crippen molar-refractivity contribution in [3.8, 4) is 11.5 Å². The molecule has 1 aliphatic rings. The third kappa shape index (κ3) is 5.90.